The number of carbonyl (C=O) groups excluding carboxylic acids is 1. The highest BCUT2D eigenvalue weighted by molar-refractivity contribution is 7.99. The zero-order chi connectivity index (χ0) is 13.2. The van der Waals surface area contributed by atoms with Gasteiger partial charge in [-0.05, 0) is 24.3 Å². The summed E-state index contributed by atoms with van der Waals surface area (Å²) in [5.74, 6) is 0.249. The van der Waals surface area contributed by atoms with Crippen molar-refractivity contribution in [3.63, 3.8) is 0 Å². The van der Waals surface area contributed by atoms with Crippen LogP contribution in [0.3, 0.4) is 0 Å². The van der Waals surface area contributed by atoms with Gasteiger partial charge in [-0.1, -0.05) is 23.4 Å². The lowest BCUT2D eigenvalue weighted by Crippen LogP contribution is -2.00. The number of halogens is 1. The van der Waals surface area contributed by atoms with Crippen LogP contribution < -0.4 is 0 Å². The Bertz CT molecular complexity index is 599. The fourth-order valence-electron chi connectivity index (χ4n) is 1.67. The van der Waals surface area contributed by atoms with Crippen LogP contribution in [-0.4, -0.2) is 28.0 Å². The Kier molecular flexibility index (Phi) is 3.44. The molecule has 1 aliphatic rings. The van der Waals surface area contributed by atoms with Gasteiger partial charge in [0.25, 0.3) is 5.22 Å². The molecule has 0 N–H and O–H groups in total. The van der Waals surface area contributed by atoms with E-state index in [1.807, 2.05) is 12.1 Å². The lowest BCUT2D eigenvalue weighted by Gasteiger charge is -1.99. The predicted molar refractivity (Wildman–Crippen MR) is 70.0 cm³/mol. The van der Waals surface area contributed by atoms with Crippen LogP contribution in [0.15, 0.2) is 33.9 Å². The summed E-state index contributed by atoms with van der Waals surface area (Å²) in [6.07, 6.45) is 0.378. The molecule has 1 fully saturated rings. The molecule has 7 heteroatoms. The summed E-state index contributed by atoms with van der Waals surface area (Å²) in [6.45, 7) is 0.391. The minimum atomic E-state index is -0.185. The maximum Gasteiger partial charge on any atom is 0.307 e. The first-order valence-electron chi connectivity index (χ1n) is 5.62. The van der Waals surface area contributed by atoms with Gasteiger partial charge in [0.1, 0.15) is 6.61 Å². The molecule has 0 saturated carbocycles. The number of esters is 1. The zero-order valence-electron chi connectivity index (χ0n) is 9.71. The second kappa shape index (κ2) is 5.22. The molecule has 1 aromatic carbocycles. The number of hydrogen-bond acceptors (Lipinski definition) is 6. The van der Waals surface area contributed by atoms with Crippen molar-refractivity contribution in [1.82, 2.24) is 10.2 Å². The van der Waals surface area contributed by atoms with Gasteiger partial charge >= 0.3 is 5.97 Å². The molecule has 2 heterocycles. The van der Waals surface area contributed by atoms with Crippen LogP contribution in [0.2, 0.25) is 5.02 Å². The Hall–Kier alpha value is -1.53. The van der Waals surface area contributed by atoms with Crippen LogP contribution in [0.1, 0.15) is 6.42 Å². The van der Waals surface area contributed by atoms with Gasteiger partial charge in [0.05, 0.1) is 11.7 Å². The minimum Gasteiger partial charge on any atom is -0.464 e. The summed E-state index contributed by atoms with van der Waals surface area (Å²) in [5, 5.41) is 9.06. The van der Waals surface area contributed by atoms with Crippen molar-refractivity contribution in [3.05, 3.63) is 29.3 Å². The SMILES string of the molecule is O=C1C[C@@H](Sc2nnc(-c3ccc(Cl)cc3)o2)CO1. The molecule has 3 rings (SSSR count). The summed E-state index contributed by atoms with van der Waals surface area (Å²) in [7, 11) is 0. The molecule has 19 heavy (non-hydrogen) atoms. The quantitative estimate of drug-likeness (QED) is 0.812. The molecule has 5 nitrogen and oxygen atoms in total. The van der Waals surface area contributed by atoms with E-state index in [0.29, 0.717) is 29.2 Å². The fourth-order valence-corrected chi connectivity index (χ4v) is 2.66. The average Bonchev–Trinajstić information content (AvgIpc) is 3.00. The van der Waals surface area contributed by atoms with E-state index >= 15 is 0 Å². The van der Waals surface area contributed by atoms with Crippen molar-refractivity contribution in [1.29, 1.82) is 0 Å². The second-order valence-corrected chi connectivity index (χ2v) is 5.70. The Morgan fingerprint density at radius 2 is 2.05 bits per heavy atom. The van der Waals surface area contributed by atoms with Gasteiger partial charge in [-0.2, -0.15) is 0 Å². The Balaban J connectivity index is 1.72. The first-order valence-corrected chi connectivity index (χ1v) is 6.88. The monoisotopic (exact) mass is 296 g/mol. The number of cyclic esters (lactones) is 1. The summed E-state index contributed by atoms with van der Waals surface area (Å²) in [6, 6.07) is 7.15. The molecule has 2 aromatic rings. The van der Waals surface area contributed by atoms with Crippen molar-refractivity contribution in [2.24, 2.45) is 0 Å². The highest BCUT2D eigenvalue weighted by Crippen LogP contribution is 2.30. The molecule has 0 unspecified atom stereocenters. The fraction of sp³-hybridized carbons (Fsp3) is 0.250. The highest BCUT2D eigenvalue weighted by Gasteiger charge is 2.26. The molecule has 1 aliphatic heterocycles. The number of rotatable bonds is 3. The Morgan fingerprint density at radius 3 is 2.74 bits per heavy atom. The highest BCUT2D eigenvalue weighted by atomic mass is 35.5. The van der Waals surface area contributed by atoms with E-state index in [2.05, 4.69) is 10.2 Å². The van der Waals surface area contributed by atoms with E-state index in [-0.39, 0.29) is 11.2 Å². The van der Waals surface area contributed by atoms with Gasteiger partial charge in [-0.3, -0.25) is 4.79 Å². The topological polar surface area (TPSA) is 65.2 Å². The number of hydrogen-bond donors (Lipinski definition) is 0. The lowest BCUT2D eigenvalue weighted by molar-refractivity contribution is -0.137. The van der Waals surface area contributed by atoms with Gasteiger partial charge in [-0.15, -0.1) is 10.2 Å². The maximum absolute atomic E-state index is 11.0. The number of ether oxygens (including phenoxy) is 1. The normalized spacial score (nSPS) is 18.6. The second-order valence-electron chi connectivity index (χ2n) is 4.01. The van der Waals surface area contributed by atoms with E-state index in [4.69, 9.17) is 20.8 Å². The zero-order valence-corrected chi connectivity index (χ0v) is 11.3. The van der Waals surface area contributed by atoms with Crippen molar-refractivity contribution < 1.29 is 13.9 Å². The van der Waals surface area contributed by atoms with E-state index in [1.54, 1.807) is 12.1 Å². The van der Waals surface area contributed by atoms with Gasteiger partial charge in [0.2, 0.25) is 5.89 Å². The molecule has 98 valence electrons. The van der Waals surface area contributed by atoms with Crippen molar-refractivity contribution in [2.75, 3.05) is 6.61 Å². The first-order chi connectivity index (χ1) is 9.20. The molecular weight excluding hydrogens is 288 g/mol. The number of carbonyl (C=O) groups is 1. The van der Waals surface area contributed by atoms with Crippen LogP contribution in [0.25, 0.3) is 11.5 Å². The number of aromatic nitrogens is 2. The van der Waals surface area contributed by atoms with Gasteiger partial charge < -0.3 is 9.15 Å². The molecule has 0 spiro atoms. The minimum absolute atomic E-state index is 0.0472. The smallest absolute Gasteiger partial charge is 0.307 e. The van der Waals surface area contributed by atoms with E-state index < -0.39 is 0 Å². The van der Waals surface area contributed by atoms with Gasteiger partial charge in [0.15, 0.2) is 0 Å². The number of thioether (sulfide) groups is 1. The van der Waals surface area contributed by atoms with Crippen LogP contribution in [-0.2, 0) is 9.53 Å². The van der Waals surface area contributed by atoms with Gasteiger partial charge in [-0.25, -0.2) is 0 Å². The van der Waals surface area contributed by atoms with E-state index in [1.165, 1.54) is 11.8 Å². The van der Waals surface area contributed by atoms with Crippen LogP contribution in [0.4, 0.5) is 0 Å². The van der Waals surface area contributed by atoms with Crippen molar-refractivity contribution in [3.8, 4) is 11.5 Å². The molecular formula is C12H9ClN2O3S. The average molecular weight is 297 g/mol. The molecule has 1 saturated heterocycles. The number of benzene rings is 1. The molecule has 0 amide bonds. The summed E-state index contributed by atoms with van der Waals surface area (Å²) < 4.78 is 10.4. The molecule has 0 aliphatic carbocycles. The largest absolute Gasteiger partial charge is 0.464 e. The lowest BCUT2D eigenvalue weighted by atomic mass is 10.2. The number of nitrogens with zero attached hydrogens (tertiary/aromatic N) is 2. The predicted octanol–water partition coefficient (Wildman–Crippen LogP) is 2.80. The van der Waals surface area contributed by atoms with E-state index in [9.17, 15) is 4.79 Å². The van der Waals surface area contributed by atoms with E-state index in [0.717, 1.165) is 5.56 Å². The van der Waals surface area contributed by atoms with Crippen LogP contribution in [0.5, 0.6) is 0 Å². The maximum atomic E-state index is 11.0. The molecule has 0 radical (unpaired) electrons. The molecule has 1 atom stereocenters. The third-order valence-corrected chi connectivity index (χ3v) is 3.84. The van der Waals surface area contributed by atoms with Crippen molar-refractivity contribution in [2.45, 2.75) is 16.9 Å². The summed E-state index contributed by atoms with van der Waals surface area (Å²) in [5.41, 5.74) is 0.808. The summed E-state index contributed by atoms with van der Waals surface area (Å²) in [4.78, 5) is 11.0. The Labute approximate surface area is 118 Å². The summed E-state index contributed by atoms with van der Waals surface area (Å²) >= 11 is 7.18. The first kappa shape index (κ1) is 12.5. The van der Waals surface area contributed by atoms with Crippen LogP contribution in [0, 0.1) is 0 Å². The molecule has 1 aromatic heterocycles. The van der Waals surface area contributed by atoms with Crippen molar-refractivity contribution >= 4 is 29.3 Å². The third-order valence-electron chi connectivity index (χ3n) is 2.59. The molecule has 0 bridgehead atoms. The van der Waals surface area contributed by atoms with Gasteiger partial charge in [0, 0.05) is 10.6 Å². The Morgan fingerprint density at radius 1 is 1.26 bits per heavy atom. The van der Waals surface area contributed by atoms with Crippen LogP contribution >= 0.6 is 23.4 Å². The standard InChI is InChI=1S/C12H9ClN2O3S/c13-8-3-1-7(2-4-8)11-14-15-12(18-11)19-9-5-10(16)17-6-9/h1-4,9H,5-6H2/t9-/m1/s1. The third kappa shape index (κ3) is 2.90.